The summed E-state index contributed by atoms with van der Waals surface area (Å²) in [5.41, 5.74) is 1.77. The number of nitrogens with zero attached hydrogens (tertiary/aromatic N) is 2. The van der Waals surface area contributed by atoms with Crippen molar-refractivity contribution in [2.24, 2.45) is 5.41 Å². The lowest BCUT2D eigenvalue weighted by molar-refractivity contribution is -0.144. The highest BCUT2D eigenvalue weighted by Gasteiger charge is 2.62. The van der Waals surface area contributed by atoms with E-state index < -0.39 is 5.41 Å². The van der Waals surface area contributed by atoms with Crippen molar-refractivity contribution < 1.29 is 18.4 Å². The van der Waals surface area contributed by atoms with Crippen LogP contribution in [-0.4, -0.2) is 29.9 Å². The van der Waals surface area contributed by atoms with Crippen molar-refractivity contribution in [3.05, 3.63) is 102 Å². The van der Waals surface area contributed by atoms with Crippen molar-refractivity contribution in [2.75, 3.05) is 18.0 Å². The van der Waals surface area contributed by atoms with E-state index in [4.69, 9.17) is 0 Å². The van der Waals surface area contributed by atoms with Gasteiger partial charge in [-0.15, -0.1) is 0 Å². The zero-order chi connectivity index (χ0) is 24.6. The molecule has 0 radical (unpaired) electrons. The van der Waals surface area contributed by atoms with Gasteiger partial charge in [0.1, 0.15) is 11.6 Å². The highest BCUT2D eigenvalue weighted by molar-refractivity contribution is 6.06. The molecular weight excluding hydrogens is 448 g/mol. The van der Waals surface area contributed by atoms with Crippen LogP contribution in [0.25, 0.3) is 0 Å². The van der Waals surface area contributed by atoms with Gasteiger partial charge in [-0.25, -0.2) is 13.6 Å². The number of piperidine rings is 1. The molecule has 2 aliphatic rings. The number of halogens is 2. The topological polar surface area (TPSA) is 52.7 Å². The molecule has 5 rings (SSSR count). The molecule has 3 aromatic carbocycles. The third-order valence-electron chi connectivity index (χ3n) is 7.30. The van der Waals surface area contributed by atoms with Crippen LogP contribution in [0.4, 0.5) is 19.3 Å². The van der Waals surface area contributed by atoms with Crippen LogP contribution in [0.5, 0.6) is 0 Å². The number of hydrogen-bond acceptors (Lipinski definition) is 2. The first-order chi connectivity index (χ1) is 16.9. The predicted molar refractivity (Wildman–Crippen MR) is 130 cm³/mol. The third-order valence-corrected chi connectivity index (χ3v) is 7.30. The Bertz CT molecular complexity index is 1210. The van der Waals surface area contributed by atoms with Crippen LogP contribution in [0.2, 0.25) is 0 Å². The number of nitrogens with one attached hydrogen (secondary N) is 1. The van der Waals surface area contributed by atoms with Crippen molar-refractivity contribution in [1.29, 1.82) is 0 Å². The Hall–Kier alpha value is -3.74. The summed E-state index contributed by atoms with van der Waals surface area (Å²) in [6.07, 6.45) is 0.997. The SMILES string of the molecule is CC(NC(=O)N1CCC2(CC1)C(=O)N(c1ccc(F)cc1)C2c1ccc(F)cc1)c1ccccc1. The van der Waals surface area contributed by atoms with E-state index in [-0.39, 0.29) is 35.7 Å². The van der Waals surface area contributed by atoms with Crippen molar-refractivity contribution in [1.82, 2.24) is 10.2 Å². The summed E-state index contributed by atoms with van der Waals surface area (Å²) in [5.74, 6) is -0.768. The summed E-state index contributed by atoms with van der Waals surface area (Å²) < 4.78 is 27.2. The molecule has 0 aromatic heterocycles. The molecule has 2 saturated heterocycles. The van der Waals surface area contributed by atoms with Gasteiger partial charge in [-0.3, -0.25) is 4.79 Å². The van der Waals surface area contributed by atoms with E-state index in [1.165, 1.54) is 24.3 Å². The maximum atomic E-state index is 13.6. The van der Waals surface area contributed by atoms with Gasteiger partial charge in [-0.1, -0.05) is 42.5 Å². The number of likely N-dealkylation sites (tertiary alicyclic amines) is 1. The highest BCUT2D eigenvalue weighted by atomic mass is 19.1. The first kappa shape index (κ1) is 23.0. The molecule has 0 aliphatic carbocycles. The van der Waals surface area contributed by atoms with Crippen LogP contribution in [0.3, 0.4) is 0 Å². The predicted octanol–water partition coefficient (Wildman–Crippen LogP) is 5.61. The number of hydrogen-bond donors (Lipinski definition) is 1. The Kier molecular flexibility index (Phi) is 6.01. The van der Waals surface area contributed by atoms with E-state index in [0.29, 0.717) is 31.6 Å². The van der Waals surface area contributed by atoms with Gasteiger partial charge in [-0.2, -0.15) is 0 Å². The molecular formula is C28H27F2N3O2. The van der Waals surface area contributed by atoms with Crippen LogP contribution < -0.4 is 10.2 Å². The first-order valence-corrected chi connectivity index (χ1v) is 11.8. The fourth-order valence-corrected chi connectivity index (χ4v) is 5.33. The molecule has 2 atom stereocenters. The lowest BCUT2D eigenvalue weighted by atomic mass is 9.62. The average Bonchev–Trinajstić information content (AvgIpc) is 2.89. The van der Waals surface area contributed by atoms with Gasteiger partial charge < -0.3 is 15.1 Å². The lowest BCUT2D eigenvalue weighted by Gasteiger charge is -2.59. The number of rotatable bonds is 4. The number of anilines is 1. The molecule has 2 fully saturated rings. The van der Waals surface area contributed by atoms with E-state index in [0.717, 1.165) is 11.1 Å². The summed E-state index contributed by atoms with van der Waals surface area (Å²) in [5, 5.41) is 3.04. The van der Waals surface area contributed by atoms with E-state index in [1.807, 2.05) is 37.3 Å². The van der Waals surface area contributed by atoms with Crippen LogP contribution in [-0.2, 0) is 4.79 Å². The molecule has 180 valence electrons. The molecule has 35 heavy (non-hydrogen) atoms. The number of carbonyl (C=O) groups is 2. The third kappa shape index (κ3) is 4.16. The number of β-lactam (4-membered cyclic amide) rings is 1. The summed E-state index contributed by atoms with van der Waals surface area (Å²) in [6.45, 7) is 2.82. The minimum atomic E-state index is -0.686. The van der Waals surface area contributed by atoms with E-state index in [1.54, 1.807) is 34.1 Å². The number of urea groups is 1. The van der Waals surface area contributed by atoms with Gasteiger partial charge in [0, 0.05) is 18.8 Å². The summed E-state index contributed by atoms with van der Waals surface area (Å²) in [7, 11) is 0. The summed E-state index contributed by atoms with van der Waals surface area (Å²) in [6, 6.07) is 21.2. The van der Waals surface area contributed by atoms with Gasteiger partial charge in [0.15, 0.2) is 0 Å². The Morgan fingerprint density at radius 1 is 0.914 bits per heavy atom. The van der Waals surface area contributed by atoms with Crippen LogP contribution >= 0.6 is 0 Å². The largest absolute Gasteiger partial charge is 0.331 e. The molecule has 2 heterocycles. The second-order valence-electron chi connectivity index (χ2n) is 9.33. The van der Waals surface area contributed by atoms with Crippen molar-refractivity contribution in [3.63, 3.8) is 0 Å². The van der Waals surface area contributed by atoms with Crippen LogP contribution in [0.15, 0.2) is 78.9 Å². The normalized spacial score (nSPS) is 19.9. The Labute approximate surface area is 203 Å². The van der Waals surface area contributed by atoms with Gasteiger partial charge in [0.25, 0.3) is 0 Å². The maximum absolute atomic E-state index is 13.6. The number of benzene rings is 3. The average molecular weight is 476 g/mol. The van der Waals surface area contributed by atoms with Crippen LogP contribution in [0, 0.1) is 17.0 Å². The van der Waals surface area contributed by atoms with Gasteiger partial charge in [0.2, 0.25) is 5.91 Å². The zero-order valence-corrected chi connectivity index (χ0v) is 19.5. The molecule has 5 nitrogen and oxygen atoms in total. The highest BCUT2D eigenvalue weighted by Crippen LogP contribution is 2.57. The Balaban J connectivity index is 1.34. The van der Waals surface area contributed by atoms with Crippen LogP contribution in [0.1, 0.15) is 43.0 Å². The Morgan fingerprint density at radius 3 is 2.09 bits per heavy atom. The maximum Gasteiger partial charge on any atom is 0.317 e. The fraction of sp³-hybridized carbons (Fsp3) is 0.286. The Morgan fingerprint density at radius 2 is 1.49 bits per heavy atom. The molecule has 3 amide bonds. The van der Waals surface area contributed by atoms with Gasteiger partial charge >= 0.3 is 6.03 Å². The zero-order valence-electron chi connectivity index (χ0n) is 19.5. The van der Waals surface area contributed by atoms with E-state index in [9.17, 15) is 18.4 Å². The molecule has 1 spiro atoms. The second-order valence-corrected chi connectivity index (χ2v) is 9.33. The monoisotopic (exact) mass is 475 g/mol. The second kappa shape index (κ2) is 9.13. The van der Waals surface area contributed by atoms with E-state index >= 15 is 0 Å². The molecule has 1 N–H and O–H groups in total. The van der Waals surface area contributed by atoms with E-state index in [2.05, 4.69) is 5.32 Å². The van der Waals surface area contributed by atoms with Gasteiger partial charge in [-0.05, 0) is 67.3 Å². The molecule has 0 bridgehead atoms. The van der Waals surface area contributed by atoms with Crippen molar-refractivity contribution >= 4 is 17.6 Å². The van der Waals surface area contributed by atoms with Crippen molar-refractivity contribution in [2.45, 2.75) is 31.8 Å². The molecule has 0 saturated carbocycles. The fourth-order valence-electron chi connectivity index (χ4n) is 5.33. The number of amides is 3. The minimum Gasteiger partial charge on any atom is -0.331 e. The number of carbonyl (C=O) groups excluding carboxylic acids is 2. The van der Waals surface area contributed by atoms with Crippen molar-refractivity contribution in [3.8, 4) is 0 Å². The summed E-state index contributed by atoms with van der Waals surface area (Å²) in [4.78, 5) is 29.9. The lowest BCUT2D eigenvalue weighted by Crippen LogP contribution is -2.67. The minimum absolute atomic E-state index is 0.0452. The molecule has 7 heteroatoms. The summed E-state index contributed by atoms with van der Waals surface area (Å²) >= 11 is 0. The first-order valence-electron chi connectivity index (χ1n) is 11.8. The molecule has 2 aliphatic heterocycles. The standard InChI is InChI=1S/C28H27F2N3O2/c1-19(20-5-3-2-4-6-20)31-27(35)32-17-15-28(16-18-32)25(21-7-9-22(29)10-8-21)33(26(28)34)24-13-11-23(30)12-14-24/h2-14,19,25H,15-18H2,1H3,(H,31,35). The molecule has 2 unspecified atom stereocenters. The quantitative estimate of drug-likeness (QED) is 0.499. The smallest absolute Gasteiger partial charge is 0.317 e. The van der Waals surface area contributed by atoms with Gasteiger partial charge in [0.05, 0.1) is 17.5 Å². The molecule has 3 aromatic rings.